The van der Waals surface area contributed by atoms with Crippen LogP contribution in [0.15, 0.2) is 18.2 Å². The first-order valence-electron chi connectivity index (χ1n) is 6.59. The van der Waals surface area contributed by atoms with Crippen molar-refractivity contribution in [2.24, 2.45) is 11.8 Å². The van der Waals surface area contributed by atoms with Crippen LogP contribution < -0.4 is 10.2 Å². The molecule has 0 spiro atoms. The summed E-state index contributed by atoms with van der Waals surface area (Å²) in [7, 11) is 0. The molecule has 0 aromatic heterocycles. The molecular formula is C15H18N2O3. The van der Waals surface area contributed by atoms with E-state index in [0.717, 1.165) is 16.0 Å². The van der Waals surface area contributed by atoms with Gasteiger partial charge in [-0.25, -0.2) is 9.69 Å². The molecule has 1 aromatic rings. The molecule has 4 amide bonds. The van der Waals surface area contributed by atoms with E-state index in [-0.39, 0.29) is 5.92 Å². The van der Waals surface area contributed by atoms with Gasteiger partial charge in [-0.1, -0.05) is 26.0 Å². The molecule has 1 unspecified atom stereocenters. The molecule has 5 heteroatoms. The Balaban J connectivity index is 2.49. The summed E-state index contributed by atoms with van der Waals surface area (Å²) in [5, 5.41) is 2.26. The highest BCUT2D eigenvalue weighted by atomic mass is 16.2. The molecule has 1 heterocycles. The number of hydrogen-bond acceptors (Lipinski definition) is 3. The van der Waals surface area contributed by atoms with Crippen molar-refractivity contribution < 1.29 is 14.4 Å². The van der Waals surface area contributed by atoms with Gasteiger partial charge in [0.2, 0.25) is 11.8 Å². The summed E-state index contributed by atoms with van der Waals surface area (Å²) in [6.07, 6.45) is 0. The Kier molecular flexibility index (Phi) is 3.61. The molecule has 20 heavy (non-hydrogen) atoms. The van der Waals surface area contributed by atoms with Gasteiger partial charge in [0.25, 0.3) is 0 Å². The second-order valence-corrected chi connectivity index (χ2v) is 5.48. The van der Waals surface area contributed by atoms with Crippen molar-refractivity contribution in [3.8, 4) is 0 Å². The van der Waals surface area contributed by atoms with Gasteiger partial charge in [-0.2, -0.15) is 0 Å². The van der Waals surface area contributed by atoms with Crippen LogP contribution in [0.4, 0.5) is 10.5 Å². The molecule has 1 aromatic carbocycles. The molecule has 0 radical (unpaired) electrons. The number of urea groups is 1. The molecule has 0 saturated carbocycles. The number of nitrogens with zero attached hydrogens (tertiary/aromatic N) is 1. The van der Waals surface area contributed by atoms with Crippen LogP contribution in [-0.2, 0) is 9.59 Å². The minimum Gasteiger partial charge on any atom is -0.277 e. The van der Waals surface area contributed by atoms with Crippen molar-refractivity contribution in [2.45, 2.75) is 27.7 Å². The van der Waals surface area contributed by atoms with Crippen LogP contribution in [0.1, 0.15) is 25.0 Å². The Hall–Kier alpha value is -2.17. The van der Waals surface area contributed by atoms with Crippen LogP contribution in [0.3, 0.4) is 0 Å². The number of anilines is 1. The minimum absolute atomic E-state index is 0.164. The van der Waals surface area contributed by atoms with Gasteiger partial charge in [-0.05, 0) is 37.0 Å². The van der Waals surface area contributed by atoms with Crippen LogP contribution >= 0.6 is 0 Å². The Morgan fingerprint density at radius 3 is 2.40 bits per heavy atom. The van der Waals surface area contributed by atoms with Gasteiger partial charge in [0.05, 0.1) is 5.69 Å². The third-order valence-corrected chi connectivity index (χ3v) is 3.47. The Morgan fingerprint density at radius 1 is 1.15 bits per heavy atom. The predicted molar refractivity (Wildman–Crippen MR) is 75.3 cm³/mol. The number of imide groups is 2. The average molecular weight is 274 g/mol. The highest BCUT2D eigenvalue weighted by molar-refractivity contribution is 6.28. The highest BCUT2D eigenvalue weighted by Crippen LogP contribution is 2.27. The minimum atomic E-state index is -0.826. The van der Waals surface area contributed by atoms with Gasteiger partial charge in [-0.15, -0.1) is 0 Å². The fraction of sp³-hybridized carbons (Fsp3) is 0.400. The van der Waals surface area contributed by atoms with E-state index in [1.54, 1.807) is 19.9 Å². The lowest BCUT2D eigenvalue weighted by molar-refractivity contribution is -0.136. The van der Waals surface area contributed by atoms with Crippen LogP contribution in [0.25, 0.3) is 0 Å². The number of nitrogens with one attached hydrogen (secondary N) is 1. The van der Waals surface area contributed by atoms with Gasteiger partial charge >= 0.3 is 6.03 Å². The van der Waals surface area contributed by atoms with Crippen molar-refractivity contribution in [3.05, 3.63) is 29.3 Å². The first-order chi connectivity index (χ1) is 9.32. The third kappa shape index (κ3) is 2.31. The predicted octanol–water partition coefficient (Wildman–Crippen LogP) is 2.16. The second kappa shape index (κ2) is 5.07. The Labute approximate surface area is 118 Å². The fourth-order valence-corrected chi connectivity index (χ4v) is 2.37. The maximum Gasteiger partial charge on any atom is 0.335 e. The molecule has 5 nitrogen and oxygen atoms in total. The zero-order valence-electron chi connectivity index (χ0n) is 12.1. The van der Waals surface area contributed by atoms with Crippen molar-refractivity contribution in [1.29, 1.82) is 0 Å². The number of amides is 4. The largest absolute Gasteiger partial charge is 0.335 e. The van der Waals surface area contributed by atoms with E-state index >= 15 is 0 Å². The molecular weight excluding hydrogens is 256 g/mol. The average Bonchev–Trinajstić information content (AvgIpc) is 2.32. The van der Waals surface area contributed by atoms with Crippen molar-refractivity contribution >= 4 is 23.5 Å². The quantitative estimate of drug-likeness (QED) is 0.840. The molecule has 1 atom stereocenters. The summed E-state index contributed by atoms with van der Waals surface area (Å²) in [6, 6.07) is 4.87. The summed E-state index contributed by atoms with van der Waals surface area (Å²) < 4.78 is 0. The molecule has 2 rings (SSSR count). The van der Waals surface area contributed by atoms with E-state index in [0.29, 0.717) is 5.69 Å². The van der Waals surface area contributed by atoms with Crippen LogP contribution in [-0.4, -0.2) is 17.8 Å². The molecule has 0 aliphatic carbocycles. The zero-order valence-corrected chi connectivity index (χ0v) is 12.1. The molecule has 1 N–H and O–H groups in total. The number of carbonyl (C=O) groups excluding carboxylic acids is 3. The van der Waals surface area contributed by atoms with E-state index in [1.165, 1.54) is 0 Å². The third-order valence-electron chi connectivity index (χ3n) is 3.47. The van der Waals surface area contributed by atoms with Gasteiger partial charge in [0.1, 0.15) is 5.92 Å². The molecule has 1 fully saturated rings. The van der Waals surface area contributed by atoms with E-state index in [1.807, 2.05) is 26.0 Å². The van der Waals surface area contributed by atoms with Crippen LogP contribution in [0.2, 0.25) is 0 Å². The van der Waals surface area contributed by atoms with E-state index in [9.17, 15) is 14.4 Å². The zero-order chi connectivity index (χ0) is 15.0. The lowest BCUT2D eigenvalue weighted by Gasteiger charge is -2.32. The van der Waals surface area contributed by atoms with Crippen molar-refractivity contribution in [2.75, 3.05) is 4.90 Å². The highest BCUT2D eigenvalue weighted by Gasteiger charge is 2.43. The van der Waals surface area contributed by atoms with Crippen LogP contribution in [0, 0.1) is 25.7 Å². The number of hydrogen-bond donors (Lipinski definition) is 1. The normalized spacial score (nSPS) is 19.6. The molecule has 1 saturated heterocycles. The van der Waals surface area contributed by atoms with Gasteiger partial charge in [0.15, 0.2) is 0 Å². The summed E-state index contributed by atoms with van der Waals surface area (Å²) in [5.74, 6) is -1.96. The number of aryl methyl sites for hydroxylation is 2. The number of benzene rings is 1. The van der Waals surface area contributed by atoms with Gasteiger partial charge < -0.3 is 0 Å². The standard InChI is InChI=1S/C15H18N2O3/c1-8(2)12-13(18)16-15(20)17(14(12)19)11-7-9(3)5-6-10(11)4/h5-8,12H,1-4H3,(H,16,18,20). The molecule has 1 aliphatic rings. The van der Waals surface area contributed by atoms with E-state index < -0.39 is 23.8 Å². The molecule has 1 aliphatic heterocycles. The fourth-order valence-electron chi connectivity index (χ4n) is 2.37. The topological polar surface area (TPSA) is 66.5 Å². The maximum atomic E-state index is 12.5. The monoisotopic (exact) mass is 274 g/mol. The van der Waals surface area contributed by atoms with E-state index in [2.05, 4.69) is 5.32 Å². The first-order valence-corrected chi connectivity index (χ1v) is 6.59. The van der Waals surface area contributed by atoms with Gasteiger partial charge in [-0.3, -0.25) is 14.9 Å². The first kappa shape index (κ1) is 14.2. The second-order valence-electron chi connectivity index (χ2n) is 5.48. The number of barbiturate groups is 1. The van der Waals surface area contributed by atoms with Crippen LogP contribution in [0.5, 0.6) is 0 Å². The SMILES string of the molecule is Cc1ccc(C)c(N2C(=O)NC(=O)C(C(C)C)C2=O)c1. The smallest absolute Gasteiger partial charge is 0.277 e. The summed E-state index contributed by atoms with van der Waals surface area (Å²) >= 11 is 0. The number of carbonyl (C=O) groups is 3. The van der Waals surface area contributed by atoms with Crippen molar-refractivity contribution in [3.63, 3.8) is 0 Å². The summed E-state index contributed by atoms with van der Waals surface area (Å²) in [5.41, 5.74) is 2.30. The summed E-state index contributed by atoms with van der Waals surface area (Å²) in [6.45, 7) is 7.30. The number of rotatable bonds is 2. The lowest BCUT2D eigenvalue weighted by Crippen LogP contribution is -2.59. The van der Waals surface area contributed by atoms with Gasteiger partial charge in [0, 0.05) is 0 Å². The lowest BCUT2D eigenvalue weighted by atomic mass is 9.91. The summed E-state index contributed by atoms with van der Waals surface area (Å²) in [4.78, 5) is 37.4. The molecule has 106 valence electrons. The van der Waals surface area contributed by atoms with Crippen molar-refractivity contribution in [1.82, 2.24) is 5.32 Å². The Morgan fingerprint density at radius 2 is 1.80 bits per heavy atom. The maximum absolute atomic E-state index is 12.5. The Bertz CT molecular complexity index is 593. The van der Waals surface area contributed by atoms with E-state index in [4.69, 9.17) is 0 Å². The molecule has 0 bridgehead atoms.